The lowest BCUT2D eigenvalue weighted by atomic mass is 9.73. The number of rotatable bonds is 3. The molecule has 1 aliphatic carbocycles. The number of nitrogens with zero attached hydrogens (tertiary/aromatic N) is 2. The van der Waals surface area contributed by atoms with Crippen molar-refractivity contribution in [1.29, 1.82) is 0 Å². The van der Waals surface area contributed by atoms with Crippen molar-refractivity contribution < 1.29 is 32.3 Å². The zero-order chi connectivity index (χ0) is 24.4. The van der Waals surface area contributed by atoms with Gasteiger partial charge in [-0.15, -0.1) is 0 Å². The molecule has 4 heterocycles. The number of alkyl halides is 3. The predicted molar refractivity (Wildman–Crippen MR) is 111 cm³/mol. The van der Waals surface area contributed by atoms with Crippen molar-refractivity contribution in [3.05, 3.63) is 62.8 Å². The first-order valence-corrected chi connectivity index (χ1v) is 11.0. The van der Waals surface area contributed by atoms with Crippen LogP contribution in [0, 0.1) is 11.7 Å². The second-order valence-corrected chi connectivity index (χ2v) is 9.05. The third-order valence-corrected chi connectivity index (χ3v) is 7.17. The second kappa shape index (κ2) is 7.85. The molecule has 0 radical (unpaired) electrons. The molecule has 180 valence electrons. The fourth-order valence-electron chi connectivity index (χ4n) is 5.56. The summed E-state index contributed by atoms with van der Waals surface area (Å²) in [5.41, 5.74) is -3.36. The van der Waals surface area contributed by atoms with Crippen LogP contribution in [0.5, 0.6) is 5.75 Å². The molecule has 2 aromatic rings. The Labute approximate surface area is 191 Å². The van der Waals surface area contributed by atoms with Crippen molar-refractivity contribution in [3.63, 3.8) is 0 Å². The molecule has 1 aromatic heterocycles. The molecular formula is C23H21F4N3O4. The highest BCUT2D eigenvalue weighted by Crippen LogP contribution is 2.43. The first-order valence-electron chi connectivity index (χ1n) is 11.0. The number of hydrogen-bond donors (Lipinski definition) is 2. The van der Waals surface area contributed by atoms with E-state index in [-0.39, 0.29) is 23.3 Å². The maximum Gasteiger partial charge on any atom is 0.416 e. The summed E-state index contributed by atoms with van der Waals surface area (Å²) in [5, 5.41) is 12.8. The minimum absolute atomic E-state index is 0.0623. The van der Waals surface area contributed by atoms with Crippen molar-refractivity contribution in [2.45, 2.75) is 57.0 Å². The summed E-state index contributed by atoms with van der Waals surface area (Å²) in [4.78, 5) is 40.3. The number of piperidine rings is 2. The predicted octanol–water partition coefficient (Wildman–Crippen LogP) is 3.04. The first kappa shape index (κ1) is 22.4. The van der Waals surface area contributed by atoms with Gasteiger partial charge in [-0.05, 0) is 49.3 Å². The average Bonchev–Trinajstić information content (AvgIpc) is 2.80. The number of carbonyl (C=O) groups is 2. The topological polar surface area (TPSA) is 91.6 Å². The highest BCUT2D eigenvalue weighted by molar-refractivity contribution is 5.99. The number of aromatic nitrogens is 1. The van der Waals surface area contributed by atoms with Crippen molar-refractivity contribution >= 4 is 11.8 Å². The third-order valence-electron chi connectivity index (χ3n) is 7.17. The quantitative estimate of drug-likeness (QED) is 0.663. The Hall–Kier alpha value is -3.37. The molecule has 0 spiro atoms. The fourth-order valence-corrected chi connectivity index (χ4v) is 5.56. The Balaban J connectivity index is 1.44. The van der Waals surface area contributed by atoms with Gasteiger partial charge in [-0.1, -0.05) is 6.07 Å². The van der Waals surface area contributed by atoms with Crippen LogP contribution in [-0.4, -0.2) is 38.5 Å². The molecule has 7 nitrogen and oxygen atoms in total. The molecule has 1 atom stereocenters. The van der Waals surface area contributed by atoms with Crippen LogP contribution < -0.4 is 10.7 Å². The SMILES string of the molecule is O=C(NCc1ccc(F)cc1C(F)(F)F)c1cn2c(c(O)c1=O)C(=O)N1C3CCC(CC3)[C@@H]1C2. The molecule has 3 fully saturated rings. The van der Waals surface area contributed by atoms with Crippen LogP contribution in [-0.2, 0) is 19.3 Å². The standard InChI is InChI=1S/C23H21F4N3O4/c24-13-4-1-12(16(7-13)23(25,26)27)8-28-21(33)15-9-29-10-17-11-2-5-14(6-3-11)30(17)22(34)18(29)20(32)19(15)31/h1,4,7,9,11,14,17,32H,2-3,5-6,8,10H2,(H,28,33)/t11?,14?,17-/m0/s1. The molecule has 2 N–H and O–H groups in total. The van der Waals surface area contributed by atoms with Gasteiger partial charge in [0.15, 0.2) is 11.4 Å². The van der Waals surface area contributed by atoms with E-state index in [4.69, 9.17) is 0 Å². The van der Waals surface area contributed by atoms with E-state index in [1.54, 1.807) is 4.90 Å². The van der Waals surface area contributed by atoms with Crippen molar-refractivity contribution in [2.24, 2.45) is 5.92 Å². The number of amides is 2. The van der Waals surface area contributed by atoms with E-state index in [0.717, 1.165) is 37.8 Å². The molecule has 1 aromatic carbocycles. The van der Waals surface area contributed by atoms with Gasteiger partial charge in [0.05, 0.1) is 11.6 Å². The monoisotopic (exact) mass is 479 g/mol. The lowest BCUT2D eigenvalue weighted by molar-refractivity contribution is -0.138. The number of pyridine rings is 1. The molecule has 34 heavy (non-hydrogen) atoms. The van der Waals surface area contributed by atoms with Crippen LogP contribution in [0.4, 0.5) is 17.6 Å². The highest BCUT2D eigenvalue weighted by atomic mass is 19.4. The minimum atomic E-state index is -4.84. The van der Waals surface area contributed by atoms with Gasteiger partial charge in [0.25, 0.3) is 11.8 Å². The number of carbonyl (C=O) groups excluding carboxylic acids is 2. The van der Waals surface area contributed by atoms with Gasteiger partial charge in [0, 0.05) is 25.3 Å². The lowest BCUT2D eigenvalue weighted by Gasteiger charge is -2.53. The van der Waals surface area contributed by atoms with E-state index < -0.39 is 52.7 Å². The van der Waals surface area contributed by atoms with E-state index in [2.05, 4.69) is 5.32 Å². The number of hydrogen-bond acceptors (Lipinski definition) is 4. The zero-order valence-corrected chi connectivity index (χ0v) is 17.9. The van der Waals surface area contributed by atoms with Gasteiger partial charge < -0.3 is 19.9 Å². The second-order valence-electron chi connectivity index (χ2n) is 9.05. The molecular weight excluding hydrogens is 458 g/mol. The van der Waals surface area contributed by atoms with Crippen molar-refractivity contribution in [1.82, 2.24) is 14.8 Å². The summed E-state index contributed by atoms with van der Waals surface area (Å²) in [6.07, 6.45) is 0.0563. The van der Waals surface area contributed by atoms with E-state index in [0.29, 0.717) is 18.5 Å². The summed E-state index contributed by atoms with van der Waals surface area (Å²) in [5.74, 6) is -3.09. The number of fused-ring (bicyclic) bond motifs is 3. The maximum atomic E-state index is 13.3. The van der Waals surface area contributed by atoms with Gasteiger partial charge in [0.2, 0.25) is 5.43 Å². The molecule has 2 bridgehead atoms. The summed E-state index contributed by atoms with van der Waals surface area (Å²) >= 11 is 0. The van der Waals surface area contributed by atoms with Gasteiger partial charge in [0.1, 0.15) is 11.4 Å². The van der Waals surface area contributed by atoms with E-state index in [9.17, 15) is 37.1 Å². The average molecular weight is 479 g/mol. The Kier molecular flexibility index (Phi) is 5.18. The lowest BCUT2D eigenvalue weighted by Crippen LogP contribution is -2.61. The molecule has 6 rings (SSSR count). The molecule has 0 unspecified atom stereocenters. The van der Waals surface area contributed by atoms with Crippen molar-refractivity contribution in [2.75, 3.05) is 0 Å². The minimum Gasteiger partial charge on any atom is -0.503 e. The Morgan fingerprint density at radius 3 is 2.53 bits per heavy atom. The molecule has 1 saturated carbocycles. The van der Waals surface area contributed by atoms with Crippen LogP contribution in [0.1, 0.15) is 57.7 Å². The smallest absolute Gasteiger partial charge is 0.416 e. The van der Waals surface area contributed by atoms with E-state index >= 15 is 0 Å². The Bertz CT molecular complexity index is 1250. The summed E-state index contributed by atoms with van der Waals surface area (Å²) in [6.45, 7) is -0.304. The maximum absolute atomic E-state index is 13.3. The number of nitrogens with one attached hydrogen (secondary N) is 1. The van der Waals surface area contributed by atoms with Gasteiger partial charge in [-0.25, -0.2) is 4.39 Å². The van der Waals surface area contributed by atoms with Gasteiger partial charge in [-0.3, -0.25) is 14.4 Å². The largest absolute Gasteiger partial charge is 0.503 e. The summed E-state index contributed by atoms with van der Waals surface area (Å²) in [6, 6.07) is 2.04. The molecule has 2 saturated heterocycles. The van der Waals surface area contributed by atoms with Crippen molar-refractivity contribution in [3.8, 4) is 5.75 Å². The molecule has 3 aliphatic heterocycles. The molecule has 4 aliphatic rings. The number of benzene rings is 1. The van der Waals surface area contributed by atoms with Crippen LogP contribution >= 0.6 is 0 Å². The van der Waals surface area contributed by atoms with Crippen LogP contribution in [0.15, 0.2) is 29.2 Å². The highest BCUT2D eigenvalue weighted by Gasteiger charge is 2.48. The zero-order valence-electron chi connectivity index (χ0n) is 17.9. The molecule has 2 amide bonds. The summed E-state index contributed by atoms with van der Waals surface area (Å²) in [7, 11) is 0. The molecule has 11 heteroatoms. The van der Waals surface area contributed by atoms with Crippen LogP contribution in [0.3, 0.4) is 0 Å². The summed E-state index contributed by atoms with van der Waals surface area (Å²) < 4.78 is 54.4. The van der Waals surface area contributed by atoms with E-state index in [1.807, 2.05) is 0 Å². The normalized spacial score (nSPS) is 23.5. The third kappa shape index (κ3) is 3.54. The number of halogens is 4. The van der Waals surface area contributed by atoms with Gasteiger partial charge >= 0.3 is 6.18 Å². The fraction of sp³-hybridized carbons (Fsp3) is 0.435. The van der Waals surface area contributed by atoms with Crippen LogP contribution in [0.2, 0.25) is 0 Å². The number of aromatic hydroxyl groups is 1. The van der Waals surface area contributed by atoms with Gasteiger partial charge in [-0.2, -0.15) is 13.2 Å². The Morgan fingerprint density at radius 1 is 1.15 bits per heavy atom. The van der Waals surface area contributed by atoms with Crippen LogP contribution in [0.25, 0.3) is 0 Å². The van der Waals surface area contributed by atoms with E-state index in [1.165, 1.54) is 10.8 Å². The Morgan fingerprint density at radius 2 is 1.85 bits per heavy atom. The first-order chi connectivity index (χ1) is 16.1.